The minimum absolute atomic E-state index is 0.157. The summed E-state index contributed by atoms with van der Waals surface area (Å²) >= 11 is 5.98. The Morgan fingerprint density at radius 2 is 1.87 bits per heavy atom. The first-order valence-corrected chi connectivity index (χ1v) is 7.37. The van der Waals surface area contributed by atoms with Gasteiger partial charge in [-0.25, -0.2) is 9.97 Å². The molecule has 3 N–H and O–H groups in total. The molecular weight excluding hydrogens is 316 g/mol. The molecule has 23 heavy (non-hydrogen) atoms. The van der Waals surface area contributed by atoms with Crippen molar-refractivity contribution in [1.82, 2.24) is 9.97 Å². The van der Waals surface area contributed by atoms with Crippen LogP contribution in [-0.4, -0.2) is 23.0 Å². The molecule has 7 heteroatoms. The Morgan fingerprint density at radius 1 is 1.26 bits per heavy atom. The van der Waals surface area contributed by atoms with E-state index in [-0.39, 0.29) is 21.9 Å². The number of hydrogen-bond donors (Lipinski definition) is 2. The molecule has 0 radical (unpaired) electrons. The fourth-order valence-corrected chi connectivity index (χ4v) is 2.06. The minimum Gasteiger partial charge on any atom is -0.496 e. The van der Waals surface area contributed by atoms with E-state index in [1.165, 1.54) is 19.2 Å². The number of methoxy groups -OCH3 is 1. The first-order valence-electron chi connectivity index (χ1n) is 6.99. The Labute approximate surface area is 140 Å². The molecule has 1 heterocycles. The van der Waals surface area contributed by atoms with Gasteiger partial charge in [0, 0.05) is 11.5 Å². The molecule has 1 amide bonds. The fraction of sp³-hybridized carbons (Fsp3) is 0.312. The topological polar surface area (TPSA) is 90.1 Å². The van der Waals surface area contributed by atoms with Crippen molar-refractivity contribution in [2.45, 2.75) is 26.2 Å². The summed E-state index contributed by atoms with van der Waals surface area (Å²) in [5, 5.41) is 3.00. The highest BCUT2D eigenvalue weighted by Gasteiger charge is 2.18. The predicted molar refractivity (Wildman–Crippen MR) is 91.1 cm³/mol. The van der Waals surface area contributed by atoms with E-state index in [0.717, 1.165) is 0 Å². The molecule has 122 valence electrons. The largest absolute Gasteiger partial charge is 0.496 e. The Bertz CT molecular complexity index is 724. The lowest BCUT2D eigenvalue weighted by Crippen LogP contribution is -2.17. The van der Waals surface area contributed by atoms with E-state index in [9.17, 15) is 4.79 Å². The van der Waals surface area contributed by atoms with Crippen LogP contribution in [0, 0.1) is 0 Å². The first-order chi connectivity index (χ1) is 10.7. The molecule has 1 aromatic carbocycles. The van der Waals surface area contributed by atoms with Gasteiger partial charge in [-0.15, -0.1) is 0 Å². The van der Waals surface area contributed by atoms with Crippen LogP contribution in [0.5, 0.6) is 5.75 Å². The van der Waals surface area contributed by atoms with Crippen molar-refractivity contribution in [3.8, 4) is 5.75 Å². The monoisotopic (exact) mass is 334 g/mol. The van der Waals surface area contributed by atoms with Gasteiger partial charge >= 0.3 is 0 Å². The molecule has 1 aromatic heterocycles. The van der Waals surface area contributed by atoms with Crippen LogP contribution in [0.2, 0.25) is 5.02 Å². The third kappa shape index (κ3) is 3.90. The number of aromatic nitrogens is 2. The number of halogens is 1. The number of nitrogens with two attached hydrogens (primary N) is 1. The van der Waals surface area contributed by atoms with Gasteiger partial charge in [-0.3, -0.25) is 4.79 Å². The lowest BCUT2D eigenvalue weighted by atomic mass is 9.96. The summed E-state index contributed by atoms with van der Waals surface area (Å²) in [6.07, 6.45) is 3.13. The molecule has 2 rings (SSSR count). The van der Waals surface area contributed by atoms with E-state index in [2.05, 4.69) is 15.3 Å². The summed E-state index contributed by atoms with van der Waals surface area (Å²) in [4.78, 5) is 20.9. The number of hydrogen-bond acceptors (Lipinski definition) is 5. The molecule has 0 unspecified atom stereocenters. The summed E-state index contributed by atoms with van der Waals surface area (Å²) in [5.41, 5.74) is 6.67. The maximum atomic E-state index is 12.4. The van der Waals surface area contributed by atoms with Crippen molar-refractivity contribution < 1.29 is 9.53 Å². The van der Waals surface area contributed by atoms with E-state index >= 15 is 0 Å². The zero-order valence-electron chi connectivity index (χ0n) is 13.5. The van der Waals surface area contributed by atoms with E-state index < -0.39 is 0 Å². The number of anilines is 2. The summed E-state index contributed by atoms with van der Waals surface area (Å²) < 4.78 is 5.17. The number of ether oxygens (including phenoxy) is 1. The molecule has 6 nitrogen and oxygen atoms in total. The van der Waals surface area contributed by atoms with Gasteiger partial charge < -0.3 is 15.8 Å². The summed E-state index contributed by atoms with van der Waals surface area (Å²) in [7, 11) is 1.46. The highest BCUT2D eigenvalue weighted by atomic mass is 35.5. The number of carbonyl (C=O) groups is 1. The Balaban J connectivity index is 2.24. The van der Waals surface area contributed by atoms with Gasteiger partial charge in [-0.05, 0) is 6.07 Å². The average molecular weight is 335 g/mol. The molecule has 0 aliphatic heterocycles. The quantitative estimate of drug-likeness (QED) is 0.841. The summed E-state index contributed by atoms with van der Waals surface area (Å²) in [5.74, 6) is 0.663. The highest BCUT2D eigenvalue weighted by molar-refractivity contribution is 6.33. The van der Waals surface area contributed by atoms with Crippen molar-refractivity contribution in [1.29, 1.82) is 0 Å². The van der Waals surface area contributed by atoms with E-state index in [1.54, 1.807) is 12.4 Å². The van der Waals surface area contributed by atoms with Crippen LogP contribution >= 0.6 is 11.6 Å². The normalized spacial score (nSPS) is 11.2. The maximum absolute atomic E-state index is 12.4. The van der Waals surface area contributed by atoms with Gasteiger partial charge in [0.05, 0.1) is 41.5 Å². The van der Waals surface area contributed by atoms with Gasteiger partial charge in [0.1, 0.15) is 11.6 Å². The average Bonchev–Trinajstić information content (AvgIpc) is 2.49. The van der Waals surface area contributed by atoms with Crippen molar-refractivity contribution >= 4 is 28.9 Å². The predicted octanol–water partition coefficient (Wildman–Crippen LogP) is 3.27. The standard InChI is InChI=1S/C16H19ClN4O2/c1-16(2,3)15-19-7-9(8-20-15)21-14(22)10-5-11(17)12(18)6-13(10)23-4/h5-8H,18H2,1-4H3,(H,21,22). The van der Waals surface area contributed by atoms with Gasteiger partial charge in [-0.1, -0.05) is 32.4 Å². The van der Waals surface area contributed by atoms with Crippen molar-refractivity contribution in [2.75, 3.05) is 18.2 Å². The molecule has 0 saturated heterocycles. The van der Waals surface area contributed by atoms with Crippen LogP contribution in [0.1, 0.15) is 37.0 Å². The van der Waals surface area contributed by atoms with E-state index in [4.69, 9.17) is 22.1 Å². The Hall–Kier alpha value is -2.34. The number of carbonyl (C=O) groups excluding carboxylic acids is 1. The number of nitrogens with zero attached hydrogens (tertiary/aromatic N) is 2. The zero-order valence-corrected chi connectivity index (χ0v) is 14.2. The summed E-state index contributed by atoms with van der Waals surface area (Å²) in [6.45, 7) is 6.05. The maximum Gasteiger partial charge on any atom is 0.259 e. The fourth-order valence-electron chi connectivity index (χ4n) is 1.89. The molecule has 0 aliphatic carbocycles. The first kappa shape index (κ1) is 17.0. The highest BCUT2D eigenvalue weighted by Crippen LogP contribution is 2.29. The smallest absolute Gasteiger partial charge is 0.259 e. The second kappa shape index (κ2) is 6.42. The second-order valence-electron chi connectivity index (χ2n) is 6.07. The lowest BCUT2D eigenvalue weighted by molar-refractivity contribution is 0.102. The molecule has 0 fully saturated rings. The van der Waals surface area contributed by atoms with E-state index in [1.807, 2.05) is 20.8 Å². The molecule has 0 aliphatic rings. The Kier molecular flexibility index (Phi) is 4.75. The van der Waals surface area contributed by atoms with Gasteiger partial charge in [0.25, 0.3) is 5.91 Å². The van der Waals surface area contributed by atoms with Crippen molar-refractivity contribution in [3.05, 3.63) is 40.9 Å². The molecule has 0 atom stereocenters. The zero-order chi connectivity index (χ0) is 17.2. The third-order valence-electron chi connectivity index (χ3n) is 3.14. The number of nitrogen functional groups attached to an aromatic ring is 1. The van der Waals surface area contributed by atoms with Crippen molar-refractivity contribution in [3.63, 3.8) is 0 Å². The van der Waals surface area contributed by atoms with Crippen LogP contribution in [0.15, 0.2) is 24.5 Å². The Morgan fingerprint density at radius 3 is 2.39 bits per heavy atom. The number of benzene rings is 1. The molecule has 0 bridgehead atoms. The lowest BCUT2D eigenvalue weighted by Gasteiger charge is -2.16. The molecule has 2 aromatic rings. The van der Waals surface area contributed by atoms with Crippen LogP contribution < -0.4 is 15.8 Å². The van der Waals surface area contributed by atoms with Gasteiger partial charge in [0.15, 0.2) is 0 Å². The van der Waals surface area contributed by atoms with Crippen LogP contribution in [0.4, 0.5) is 11.4 Å². The van der Waals surface area contributed by atoms with Crippen LogP contribution in [0.25, 0.3) is 0 Å². The number of nitrogens with one attached hydrogen (secondary N) is 1. The van der Waals surface area contributed by atoms with E-state index in [0.29, 0.717) is 22.9 Å². The number of amides is 1. The molecule has 0 spiro atoms. The molecule has 0 saturated carbocycles. The molecular formula is C16H19ClN4O2. The minimum atomic E-state index is -0.379. The second-order valence-corrected chi connectivity index (χ2v) is 6.48. The summed E-state index contributed by atoms with van der Waals surface area (Å²) in [6, 6.07) is 2.98. The SMILES string of the molecule is COc1cc(N)c(Cl)cc1C(=O)Nc1cnc(C(C)(C)C)nc1. The van der Waals surface area contributed by atoms with Gasteiger partial charge in [0.2, 0.25) is 0 Å². The third-order valence-corrected chi connectivity index (χ3v) is 3.47. The van der Waals surface area contributed by atoms with Crippen LogP contribution in [-0.2, 0) is 5.41 Å². The number of rotatable bonds is 3. The van der Waals surface area contributed by atoms with Crippen LogP contribution in [0.3, 0.4) is 0 Å². The van der Waals surface area contributed by atoms with Crippen molar-refractivity contribution in [2.24, 2.45) is 0 Å². The van der Waals surface area contributed by atoms with Gasteiger partial charge in [-0.2, -0.15) is 0 Å².